The van der Waals surface area contributed by atoms with Gasteiger partial charge in [0.1, 0.15) is 4.90 Å². The van der Waals surface area contributed by atoms with Crippen molar-refractivity contribution in [1.29, 1.82) is 0 Å². The van der Waals surface area contributed by atoms with E-state index >= 15 is 0 Å². The lowest BCUT2D eigenvalue weighted by Gasteiger charge is -2.11. The molecule has 24 heavy (non-hydrogen) atoms. The first-order valence-corrected chi connectivity index (χ1v) is 8.63. The maximum Gasteiger partial charge on any atom is 0.339 e. The normalized spacial score (nSPS) is 11.5. The molecule has 0 N–H and O–H groups in total. The van der Waals surface area contributed by atoms with E-state index in [0.717, 1.165) is 11.1 Å². The summed E-state index contributed by atoms with van der Waals surface area (Å²) in [6.07, 6.45) is 1.64. The maximum atomic E-state index is 12.4. The summed E-state index contributed by atoms with van der Waals surface area (Å²) in [5.41, 5.74) is 1.73. The van der Waals surface area contributed by atoms with Crippen LogP contribution in [0.4, 0.5) is 0 Å². The summed E-state index contributed by atoms with van der Waals surface area (Å²) in [4.78, 5) is 0.0911. The minimum atomic E-state index is -3.92. The quantitative estimate of drug-likeness (QED) is 0.456. The van der Waals surface area contributed by atoms with Gasteiger partial charge in [0, 0.05) is 14.1 Å². The SMILES string of the molecule is COc1cc(/C=N\N(C)C)ccc1OS(=O)(=O)c1ccc(C)cc1. The van der Waals surface area contributed by atoms with E-state index in [0.29, 0.717) is 5.75 Å². The second-order valence-electron chi connectivity index (χ2n) is 5.35. The zero-order chi connectivity index (χ0) is 17.7. The van der Waals surface area contributed by atoms with Gasteiger partial charge in [0.2, 0.25) is 0 Å². The highest BCUT2D eigenvalue weighted by atomic mass is 32.2. The fourth-order valence-corrected chi connectivity index (χ4v) is 2.83. The second-order valence-corrected chi connectivity index (χ2v) is 6.90. The fraction of sp³-hybridized carbons (Fsp3) is 0.235. The number of hydrogen-bond donors (Lipinski definition) is 0. The third kappa shape index (κ3) is 4.48. The molecule has 0 unspecified atom stereocenters. The van der Waals surface area contributed by atoms with Gasteiger partial charge >= 0.3 is 10.1 Å². The van der Waals surface area contributed by atoms with Crippen molar-refractivity contribution in [3.8, 4) is 11.5 Å². The molecule has 2 rings (SSSR count). The Morgan fingerprint density at radius 3 is 2.29 bits per heavy atom. The molecule has 2 aromatic carbocycles. The molecule has 0 aliphatic rings. The van der Waals surface area contributed by atoms with Gasteiger partial charge in [-0.05, 0) is 42.8 Å². The van der Waals surface area contributed by atoms with Crippen molar-refractivity contribution in [2.45, 2.75) is 11.8 Å². The number of hydrogen-bond acceptors (Lipinski definition) is 6. The molecule has 0 bridgehead atoms. The van der Waals surface area contributed by atoms with Crippen molar-refractivity contribution in [2.75, 3.05) is 21.2 Å². The standard InChI is InChI=1S/C17H20N2O4S/c1-13-5-8-15(9-6-13)24(20,21)23-16-10-7-14(11-17(16)22-4)12-18-19(2)3/h5-12H,1-4H3/b18-12-. The molecule has 2 aromatic rings. The van der Waals surface area contributed by atoms with Crippen LogP contribution in [0, 0.1) is 6.92 Å². The van der Waals surface area contributed by atoms with Crippen LogP contribution in [0.1, 0.15) is 11.1 Å². The molecular weight excluding hydrogens is 328 g/mol. The maximum absolute atomic E-state index is 12.4. The highest BCUT2D eigenvalue weighted by Crippen LogP contribution is 2.30. The minimum Gasteiger partial charge on any atom is -0.493 e. The zero-order valence-corrected chi connectivity index (χ0v) is 14.9. The molecule has 0 heterocycles. The number of ether oxygens (including phenoxy) is 1. The van der Waals surface area contributed by atoms with Crippen molar-refractivity contribution in [3.05, 3.63) is 53.6 Å². The zero-order valence-electron chi connectivity index (χ0n) is 14.1. The van der Waals surface area contributed by atoms with Gasteiger partial charge in [0.15, 0.2) is 11.5 Å². The van der Waals surface area contributed by atoms with E-state index in [9.17, 15) is 8.42 Å². The lowest BCUT2D eigenvalue weighted by atomic mass is 10.2. The van der Waals surface area contributed by atoms with Crippen LogP contribution in [0.15, 0.2) is 52.5 Å². The lowest BCUT2D eigenvalue weighted by molar-refractivity contribution is 0.390. The monoisotopic (exact) mass is 348 g/mol. The smallest absolute Gasteiger partial charge is 0.339 e. The van der Waals surface area contributed by atoms with Gasteiger partial charge in [0.25, 0.3) is 0 Å². The molecule has 0 aliphatic carbocycles. The number of aryl methyl sites for hydroxylation is 1. The van der Waals surface area contributed by atoms with Crippen LogP contribution in [0.3, 0.4) is 0 Å². The molecule has 0 spiro atoms. The van der Waals surface area contributed by atoms with Gasteiger partial charge in [-0.2, -0.15) is 13.5 Å². The molecule has 0 radical (unpaired) electrons. The van der Waals surface area contributed by atoms with Crippen LogP contribution in [-0.4, -0.2) is 40.8 Å². The number of hydrazone groups is 1. The van der Waals surface area contributed by atoms with Gasteiger partial charge in [-0.25, -0.2) is 0 Å². The number of benzene rings is 2. The van der Waals surface area contributed by atoms with Crippen LogP contribution < -0.4 is 8.92 Å². The Bertz CT molecular complexity index is 828. The molecule has 0 aliphatic heterocycles. The van der Waals surface area contributed by atoms with Gasteiger partial charge < -0.3 is 13.9 Å². The van der Waals surface area contributed by atoms with Crippen LogP contribution in [-0.2, 0) is 10.1 Å². The largest absolute Gasteiger partial charge is 0.493 e. The Morgan fingerprint density at radius 2 is 1.71 bits per heavy atom. The Balaban J connectivity index is 2.30. The van der Waals surface area contributed by atoms with Crippen molar-refractivity contribution in [1.82, 2.24) is 5.01 Å². The lowest BCUT2D eigenvalue weighted by Crippen LogP contribution is -2.10. The average Bonchev–Trinajstić information content (AvgIpc) is 2.54. The Labute approximate surface area is 142 Å². The van der Waals surface area contributed by atoms with Crippen molar-refractivity contribution >= 4 is 16.3 Å². The molecule has 0 fully saturated rings. The van der Waals surface area contributed by atoms with Gasteiger partial charge in [-0.15, -0.1) is 0 Å². The number of nitrogens with zero attached hydrogens (tertiary/aromatic N) is 2. The summed E-state index contributed by atoms with van der Waals surface area (Å²) in [6.45, 7) is 1.88. The summed E-state index contributed by atoms with van der Waals surface area (Å²) in [6, 6.07) is 11.4. The number of methoxy groups -OCH3 is 1. The summed E-state index contributed by atoms with van der Waals surface area (Å²) < 4.78 is 35.2. The molecule has 6 nitrogen and oxygen atoms in total. The highest BCUT2D eigenvalue weighted by Gasteiger charge is 2.19. The minimum absolute atomic E-state index is 0.0911. The molecule has 0 saturated carbocycles. The summed E-state index contributed by atoms with van der Waals surface area (Å²) in [5, 5.41) is 5.78. The second kappa shape index (κ2) is 7.35. The van der Waals surface area contributed by atoms with E-state index in [1.54, 1.807) is 55.7 Å². The first kappa shape index (κ1) is 17.8. The van der Waals surface area contributed by atoms with E-state index < -0.39 is 10.1 Å². The van der Waals surface area contributed by atoms with E-state index in [-0.39, 0.29) is 10.6 Å². The average molecular weight is 348 g/mol. The first-order valence-electron chi connectivity index (χ1n) is 7.22. The Kier molecular flexibility index (Phi) is 5.46. The molecule has 7 heteroatoms. The summed E-state index contributed by atoms with van der Waals surface area (Å²) >= 11 is 0. The predicted octanol–water partition coefficient (Wildman–Crippen LogP) is 2.67. The molecule has 0 aromatic heterocycles. The van der Waals surface area contributed by atoms with Gasteiger partial charge in [-0.1, -0.05) is 17.7 Å². The molecular formula is C17H20N2O4S. The molecule has 0 saturated heterocycles. The van der Waals surface area contributed by atoms with E-state index in [1.807, 2.05) is 6.92 Å². The number of rotatable bonds is 6. The summed E-state index contributed by atoms with van der Waals surface area (Å²) in [5.74, 6) is 0.438. The third-order valence-corrected chi connectivity index (χ3v) is 4.38. The van der Waals surface area contributed by atoms with Crippen molar-refractivity contribution < 1.29 is 17.3 Å². The van der Waals surface area contributed by atoms with Crippen molar-refractivity contribution in [3.63, 3.8) is 0 Å². The van der Waals surface area contributed by atoms with Crippen LogP contribution >= 0.6 is 0 Å². The van der Waals surface area contributed by atoms with Crippen LogP contribution in [0.25, 0.3) is 0 Å². The Morgan fingerprint density at radius 1 is 1.04 bits per heavy atom. The molecule has 0 amide bonds. The fourth-order valence-electron chi connectivity index (χ4n) is 1.89. The van der Waals surface area contributed by atoms with E-state index in [1.165, 1.54) is 19.2 Å². The predicted molar refractivity (Wildman–Crippen MR) is 93.3 cm³/mol. The topological polar surface area (TPSA) is 68.2 Å². The molecule has 0 atom stereocenters. The van der Waals surface area contributed by atoms with Gasteiger partial charge in [-0.3, -0.25) is 0 Å². The summed E-state index contributed by atoms with van der Waals surface area (Å²) in [7, 11) is 1.14. The van der Waals surface area contributed by atoms with Crippen LogP contribution in [0.5, 0.6) is 11.5 Å². The molecule has 128 valence electrons. The third-order valence-electron chi connectivity index (χ3n) is 3.13. The Hall–Kier alpha value is -2.54. The van der Waals surface area contributed by atoms with E-state index in [4.69, 9.17) is 8.92 Å². The first-order chi connectivity index (χ1) is 11.3. The van der Waals surface area contributed by atoms with E-state index in [2.05, 4.69) is 5.10 Å². The highest BCUT2D eigenvalue weighted by molar-refractivity contribution is 7.87. The van der Waals surface area contributed by atoms with Crippen molar-refractivity contribution in [2.24, 2.45) is 5.10 Å². The van der Waals surface area contributed by atoms with Crippen LogP contribution in [0.2, 0.25) is 0 Å². The van der Waals surface area contributed by atoms with Gasteiger partial charge in [0.05, 0.1) is 13.3 Å².